The molecule has 1 aromatic rings. The van der Waals surface area contributed by atoms with E-state index in [2.05, 4.69) is 10.4 Å². The van der Waals surface area contributed by atoms with E-state index < -0.39 is 10.7 Å². The van der Waals surface area contributed by atoms with Gasteiger partial charge in [0.15, 0.2) is 0 Å². The van der Waals surface area contributed by atoms with Crippen LogP contribution in [0.3, 0.4) is 0 Å². The van der Waals surface area contributed by atoms with Crippen LogP contribution in [0.2, 0.25) is 0 Å². The Balaban J connectivity index is 3.31. The molecule has 8 nitrogen and oxygen atoms in total. The minimum atomic E-state index is -0.786. The molecule has 12 heavy (non-hydrogen) atoms. The molecule has 0 aromatic carbocycles. The van der Waals surface area contributed by atoms with Crippen LogP contribution in [0.25, 0.3) is 0 Å². The molecule has 0 unspecified atom stereocenters. The molecule has 0 saturated carbocycles. The van der Waals surface area contributed by atoms with Crippen molar-refractivity contribution >= 4 is 11.6 Å². The summed E-state index contributed by atoms with van der Waals surface area (Å²) in [6.45, 7) is 0. The molecule has 0 fully saturated rings. The summed E-state index contributed by atoms with van der Waals surface area (Å²) in [7, 11) is 2.77. The van der Waals surface area contributed by atoms with Crippen LogP contribution in [0, 0.1) is 15.3 Å². The Hall–Kier alpha value is -1.86. The van der Waals surface area contributed by atoms with E-state index in [1.54, 1.807) is 0 Å². The number of hydrogen-bond acceptors (Lipinski definition) is 5. The van der Waals surface area contributed by atoms with E-state index in [0.717, 1.165) is 4.80 Å². The molecular weight excluding hydrogens is 166 g/mol. The molecule has 0 aliphatic heterocycles. The van der Waals surface area contributed by atoms with Gasteiger partial charge in [-0.1, -0.05) is 4.85 Å². The standard InChI is InChI=1S/C4H7N5O3/c1-5-3-4(9(11)12)8(10)7(2)6-3/h1-2H3,(H,5,6). The van der Waals surface area contributed by atoms with Crippen molar-refractivity contribution < 1.29 is 9.77 Å². The number of rotatable bonds is 2. The molecule has 0 aliphatic carbocycles. The number of nitrogens with one attached hydrogen (secondary N) is 1. The third kappa shape index (κ3) is 1.02. The molecule has 1 heterocycles. The van der Waals surface area contributed by atoms with Gasteiger partial charge in [-0.3, -0.25) is 0 Å². The Morgan fingerprint density at radius 1 is 1.75 bits per heavy atom. The van der Waals surface area contributed by atoms with Gasteiger partial charge in [0.05, 0.1) is 0 Å². The van der Waals surface area contributed by atoms with Crippen molar-refractivity contribution in [2.45, 2.75) is 0 Å². The molecule has 0 bridgehead atoms. The van der Waals surface area contributed by atoms with E-state index in [1.807, 2.05) is 0 Å². The Bertz CT molecular complexity index is 319. The highest BCUT2D eigenvalue weighted by Gasteiger charge is 2.30. The van der Waals surface area contributed by atoms with Crippen LogP contribution in [-0.2, 0) is 7.05 Å². The topological polar surface area (TPSA) is 99.9 Å². The van der Waals surface area contributed by atoms with E-state index in [9.17, 15) is 15.3 Å². The van der Waals surface area contributed by atoms with Crippen molar-refractivity contribution in [2.75, 3.05) is 12.4 Å². The van der Waals surface area contributed by atoms with Crippen molar-refractivity contribution in [3.63, 3.8) is 0 Å². The maximum atomic E-state index is 10.9. The lowest BCUT2D eigenvalue weighted by atomic mass is 10.6. The second-order valence-corrected chi connectivity index (χ2v) is 2.04. The summed E-state index contributed by atoms with van der Waals surface area (Å²) in [6, 6.07) is 0. The first kappa shape index (κ1) is 8.24. The molecule has 1 aromatic heterocycles. The van der Waals surface area contributed by atoms with Gasteiger partial charge in [-0.05, 0) is 0 Å². The number of hydrogen-bond donors (Lipinski definition) is 1. The molecule has 0 saturated heterocycles. The Kier molecular flexibility index (Phi) is 1.81. The number of anilines is 1. The van der Waals surface area contributed by atoms with Crippen LogP contribution in [0.4, 0.5) is 11.6 Å². The first-order valence-corrected chi connectivity index (χ1v) is 3.07. The fourth-order valence-electron chi connectivity index (χ4n) is 0.776. The van der Waals surface area contributed by atoms with Gasteiger partial charge in [0.25, 0.3) is 0 Å². The first-order valence-electron chi connectivity index (χ1n) is 3.07. The van der Waals surface area contributed by atoms with E-state index in [1.165, 1.54) is 14.1 Å². The van der Waals surface area contributed by atoms with Crippen molar-refractivity contribution in [2.24, 2.45) is 7.05 Å². The highest BCUT2D eigenvalue weighted by atomic mass is 16.6. The van der Waals surface area contributed by atoms with Gasteiger partial charge in [0, 0.05) is 16.8 Å². The summed E-state index contributed by atoms with van der Waals surface area (Å²) in [6.07, 6.45) is 0. The van der Waals surface area contributed by atoms with Crippen LogP contribution < -0.4 is 10.2 Å². The quantitative estimate of drug-likeness (QED) is 0.267. The summed E-state index contributed by atoms with van der Waals surface area (Å²) < 4.78 is 0. The number of nitrogens with zero attached hydrogens (tertiary/aromatic N) is 4. The zero-order valence-electron chi connectivity index (χ0n) is 6.51. The van der Waals surface area contributed by atoms with Crippen LogP contribution in [-0.4, -0.2) is 21.9 Å². The average Bonchev–Trinajstić information content (AvgIpc) is 2.28. The molecule has 66 valence electrons. The normalized spacial score (nSPS) is 9.83. The predicted molar refractivity (Wildman–Crippen MR) is 38.4 cm³/mol. The van der Waals surface area contributed by atoms with E-state index in [4.69, 9.17) is 0 Å². The lowest BCUT2D eigenvalue weighted by Crippen LogP contribution is -2.38. The Morgan fingerprint density at radius 3 is 2.67 bits per heavy atom. The third-order valence-electron chi connectivity index (χ3n) is 1.31. The van der Waals surface area contributed by atoms with E-state index in [-0.39, 0.29) is 10.7 Å². The summed E-state index contributed by atoms with van der Waals surface area (Å²) in [5.74, 6) is -0.641. The van der Waals surface area contributed by atoms with Gasteiger partial charge in [-0.25, -0.2) is 0 Å². The lowest BCUT2D eigenvalue weighted by Gasteiger charge is -1.94. The minimum Gasteiger partial charge on any atom is -0.655 e. The van der Waals surface area contributed by atoms with Crippen LogP contribution in [0.1, 0.15) is 0 Å². The maximum Gasteiger partial charge on any atom is 0.495 e. The smallest absolute Gasteiger partial charge is 0.495 e. The average molecular weight is 173 g/mol. The molecule has 0 radical (unpaired) electrons. The van der Waals surface area contributed by atoms with Crippen LogP contribution in [0.5, 0.6) is 0 Å². The molecule has 0 spiro atoms. The van der Waals surface area contributed by atoms with Crippen LogP contribution in [0.15, 0.2) is 0 Å². The monoisotopic (exact) mass is 173 g/mol. The Morgan fingerprint density at radius 2 is 2.33 bits per heavy atom. The number of aromatic nitrogens is 3. The molecule has 8 heteroatoms. The van der Waals surface area contributed by atoms with Gasteiger partial charge in [0.2, 0.25) is 0 Å². The van der Waals surface area contributed by atoms with Crippen molar-refractivity contribution in [3.05, 3.63) is 15.3 Å². The van der Waals surface area contributed by atoms with Gasteiger partial charge in [-0.2, -0.15) is 0 Å². The van der Waals surface area contributed by atoms with E-state index in [0.29, 0.717) is 0 Å². The van der Waals surface area contributed by atoms with Gasteiger partial charge in [-0.15, -0.1) is 0 Å². The predicted octanol–water partition coefficient (Wildman–Crippen LogP) is -0.997. The summed E-state index contributed by atoms with van der Waals surface area (Å²) >= 11 is 0. The second kappa shape index (κ2) is 2.64. The number of nitro groups is 1. The fraction of sp³-hybridized carbons (Fsp3) is 0.500. The van der Waals surface area contributed by atoms with Crippen molar-refractivity contribution in [1.29, 1.82) is 0 Å². The summed E-state index contributed by atoms with van der Waals surface area (Å²) in [4.78, 5) is 10.5. The largest absolute Gasteiger partial charge is 0.655 e. The Labute approximate surface area is 67.1 Å². The first-order chi connectivity index (χ1) is 5.57. The van der Waals surface area contributed by atoms with Gasteiger partial charge < -0.3 is 20.6 Å². The van der Waals surface area contributed by atoms with Gasteiger partial charge >= 0.3 is 11.6 Å². The second-order valence-electron chi connectivity index (χ2n) is 2.04. The number of aryl methyl sites for hydroxylation is 1. The van der Waals surface area contributed by atoms with E-state index >= 15 is 0 Å². The summed E-state index contributed by atoms with van der Waals surface area (Å²) in [5.41, 5.74) is 0. The van der Waals surface area contributed by atoms with Crippen LogP contribution >= 0.6 is 0 Å². The lowest BCUT2D eigenvalue weighted by molar-refractivity contribution is -0.734. The van der Waals surface area contributed by atoms with Crippen molar-refractivity contribution in [1.82, 2.24) is 9.90 Å². The molecule has 0 atom stereocenters. The molecule has 1 N–H and O–H groups in total. The maximum absolute atomic E-state index is 10.9. The highest BCUT2D eigenvalue weighted by Crippen LogP contribution is 2.14. The van der Waals surface area contributed by atoms with Gasteiger partial charge in [0.1, 0.15) is 12.1 Å². The zero-order valence-corrected chi connectivity index (χ0v) is 6.51. The minimum absolute atomic E-state index is 0.0440. The molecular formula is C4H7N5O3. The molecule has 1 rings (SSSR count). The molecule has 0 amide bonds. The SMILES string of the molecule is CNc1nn(C)[n+]([O-])c1[N+](=O)[O-]. The van der Waals surface area contributed by atoms with Crippen molar-refractivity contribution in [3.8, 4) is 0 Å². The summed E-state index contributed by atoms with van der Waals surface area (Å²) in [5, 5.41) is 27.2. The zero-order chi connectivity index (χ0) is 9.30. The fourth-order valence-corrected chi connectivity index (χ4v) is 0.776. The highest BCUT2D eigenvalue weighted by molar-refractivity contribution is 5.45. The third-order valence-corrected chi connectivity index (χ3v) is 1.31. The molecule has 0 aliphatic rings.